The van der Waals surface area contributed by atoms with E-state index in [2.05, 4.69) is 30.3 Å². The minimum atomic E-state index is -0.770. The first-order chi connectivity index (χ1) is 13.7. The number of anilines is 2. The molecule has 12 heteroatoms. The molecule has 0 aliphatic heterocycles. The summed E-state index contributed by atoms with van der Waals surface area (Å²) >= 11 is 10.6. The van der Waals surface area contributed by atoms with Gasteiger partial charge in [-0.25, -0.2) is 30.2 Å². The average molecular weight is 443 g/mol. The highest BCUT2D eigenvalue weighted by atomic mass is 35.5. The van der Waals surface area contributed by atoms with E-state index in [-0.39, 0.29) is 21.9 Å². The van der Waals surface area contributed by atoms with E-state index < -0.39 is 11.6 Å². The van der Waals surface area contributed by atoms with Crippen LogP contribution in [-0.4, -0.2) is 32.0 Å². The number of hydrogen-bond donors (Lipinski definition) is 2. The number of rotatable bonds is 4. The van der Waals surface area contributed by atoms with Crippen molar-refractivity contribution >= 4 is 34.8 Å². The Morgan fingerprint density at radius 3 is 2.07 bits per heavy atom. The summed E-state index contributed by atoms with van der Waals surface area (Å²) in [5.41, 5.74) is 3.24. The molecule has 0 spiro atoms. The molecule has 0 unspecified atom stereocenters. The molecule has 0 radical (unpaired) electrons. The van der Waals surface area contributed by atoms with Crippen molar-refractivity contribution in [2.24, 2.45) is 5.84 Å². The Hall–Kier alpha value is -2.69. The molecule has 29 heavy (non-hydrogen) atoms. The fourth-order valence-corrected chi connectivity index (χ4v) is 2.69. The second-order valence-electron chi connectivity index (χ2n) is 5.78. The molecule has 3 aromatic heterocycles. The summed E-state index contributed by atoms with van der Waals surface area (Å²) in [5, 5.41) is -0.477. The molecule has 0 atom stereocenters. The number of hydrogen-bond acceptors (Lipinski definition) is 8. The number of nitrogen functional groups attached to an aromatic ring is 1. The SMILES string of the molecule is Cc1nc(Cl)c(F)c(Cl)n1.Cc1nc(NN)c(F)c(N(C)Cc2ccncc2)n1. The third-order valence-corrected chi connectivity index (χ3v) is 4.00. The van der Waals surface area contributed by atoms with Crippen molar-refractivity contribution in [3.63, 3.8) is 0 Å². The van der Waals surface area contributed by atoms with Gasteiger partial charge < -0.3 is 10.3 Å². The van der Waals surface area contributed by atoms with Gasteiger partial charge in [0.1, 0.15) is 11.6 Å². The van der Waals surface area contributed by atoms with Gasteiger partial charge in [-0.05, 0) is 31.5 Å². The summed E-state index contributed by atoms with van der Waals surface area (Å²) < 4.78 is 26.6. The summed E-state index contributed by atoms with van der Waals surface area (Å²) in [6.45, 7) is 3.78. The molecule has 3 N–H and O–H groups in total. The third kappa shape index (κ3) is 6.14. The normalized spacial score (nSPS) is 10.2. The maximum atomic E-state index is 14.1. The predicted octanol–water partition coefficient (Wildman–Crippen LogP) is 3.47. The van der Waals surface area contributed by atoms with Crippen LogP contribution < -0.4 is 16.2 Å². The number of halogens is 4. The van der Waals surface area contributed by atoms with Gasteiger partial charge in [0.15, 0.2) is 27.8 Å². The fraction of sp³-hybridized carbons (Fsp3) is 0.235. The monoisotopic (exact) mass is 442 g/mol. The van der Waals surface area contributed by atoms with E-state index in [1.807, 2.05) is 12.1 Å². The lowest BCUT2D eigenvalue weighted by molar-refractivity contribution is 0.608. The summed E-state index contributed by atoms with van der Waals surface area (Å²) in [7, 11) is 1.76. The molecule has 0 saturated carbocycles. The lowest BCUT2D eigenvalue weighted by atomic mass is 10.2. The highest BCUT2D eigenvalue weighted by Gasteiger charge is 2.16. The van der Waals surface area contributed by atoms with E-state index >= 15 is 0 Å². The second-order valence-corrected chi connectivity index (χ2v) is 6.50. The van der Waals surface area contributed by atoms with Crippen LogP contribution in [-0.2, 0) is 6.54 Å². The summed E-state index contributed by atoms with van der Waals surface area (Å²) in [6, 6.07) is 3.73. The number of nitrogens with zero attached hydrogens (tertiary/aromatic N) is 6. The zero-order valence-corrected chi connectivity index (χ0v) is 17.3. The lowest BCUT2D eigenvalue weighted by Gasteiger charge is -2.20. The van der Waals surface area contributed by atoms with E-state index in [0.29, 0.717) is 18.2 Å². The smallest absolute Gasteiger partial charge is 0.209 e. The molecule has 0 aliphatic carbocycles. The maximum Gasteiger partial charge on any atom is 0.209 e. The quantitative estimate of drug-likeness (QED) is 0.359. The van der Waals surface area contributed by atoms with Crippen LogP contribution in [0.25, 0.3) is 0 Å². The lowest BCUT2D eigenvalue weighted by Crippen LogP contribution is -2.22. The van der Waals surface area contributed by atoms with E-state index in [4.69, 9.17) is 29.0 Å². The standard InChI is InChI=1S/C12H15FN6.C5H3Cl2FN2/c1-8-16-11(18-14)10(13)12(17-8)19(2)7-9-3-5-15-6-4-9;1-2-9-4(6)3(8)5(7)10-2/h3-6H,7,14H2,1-2H3,(H,16,17,18);1H3. The fourth-order valence-electron chi connectivity index (χ4n) is 2.22. The van der Waals surface area contributed by atoms with Gasteiger partial charge in [0.25, 0.3) is 0 Å². The van der Waals surface area contributed by atoms with Gasteiger partial charge in [0.05, 0.1) is 0 Å². The number of nitrogens with two attached hydrogens (primary N) is 1. The first-order valence-corrected chi connectivity index (χ1v) is 8.94. The molecule has 3 rings (SSSR count). The van der Waals surface area contributed by atoms with Crippen LogP contribution in [0.2, 0.25) is 10.3 Å². The Labute approximate surface area is 176 Å². The van der Waals surface area contributed by atoms with Crippen molar-refractivity contribution in [1.82, 2.24) is 24.9 Å². The van der Waals surface area contributed by atoms with Gasteiger partial charge >= 0.3 is 0 Å². The third-order valence-electron chi connectivity index (χ3n) is 3.50. The molecule has 0 aliphatic rings. The van der Waals surface area contributed by atoms with Gasteiger partial charge in [-0.1, -0.05) is 23.2 Å². The molecule has 0 aromatic carbocycles. The van der Waals surface area contributed by atoms with Gasteiger partial charge in [0, 0.05) is 26.0 Å². The van der Waals surface area contributed by atoms with Crippen molar-refractivity contribution in [3.05, 3.63) is 63.7 Å². The Morgan fingerprint density at radius 1 is 0.966 bits per heavy atom. The summed E-state index contributed by atoms with van der Waals surface area (Å²) in [6.07, 6.45) is 3.38. The summed E-state index contributed by atoms with van der Waals surface area (Å²) in [4.78, 5) is 20.7. The van der Waals surface area contributed by atoms with Gasteiger partial charge in [0.2, 0.25) is 5.82 Å². The van der Waals surface area contributed by atoms with Crippen LogP contribution in [0.3, 0.4) is 0 Å². The van der Waals surface area contributed by atoms with Crippen LogP contribution in [0.1, 0.15) is 17.2 Å². The minimum absolute atomic E-state index is 0.0101. The molecular weight excluding hydrogens is 425 g/mol. The van der Waals surface area contributed by atoms with E-state index in [0.717, 1.165) is 5.56 Å². The van der Waals surface area contributed by atoms with Crippen LogP contribution in [0.15, 0.2) is 24.5 Å². The molecule has 0 amide bonds. The number of aromatic nitrogens is 5. The Bertz CT molecular complexity index is 952. The molecule has 0 saturated heterocycles. The Balaban J connectivity index is 0.000000253. The number of hydrazine groups is 1. The average Bonchev–Trinajstić information content (AvgIpc) is 2.68. The Morgan fingerprint density at radius 2 is 1.52 bits per heavy atom. The molecule has 3 heterocycles. The highest BCUT2D eigenvalue weighted by molar-refractivity contribution is 6.33. The van der Waals surface area contributed by atoms with E-state index in [9.17, 15) is 8.78 Å². The first kappa shape index (κ1) is 22.6. The first-order valence-electron chi connectivity index (χ1n) is 8.18. The zero-order valence-electron chi connectivity index (χ0n) is 15.8. The van der Waals surface area contributed by atoms with E-state index in [1.165, 1.54) is 0 Å². The largest absolute Gasteiger partial charge is 0.353 e. The summed E-state index contributed by atoms with van der Waals surface area (Å²) in [5.74, 6) is 4.90. The van der Waals surface area contributed by atoms with Gasteiger partial charge in [-0.3, -0.25) is 4.98 Å². The molecular formula is C17H18Cl2F2N8. The Kier molecular flexibility index (Phi) is 7.94. The van der Waals surface area contributed by atoms with Crippen molar-refractivity contribution < 1.29 is 8.78 Å². The minimum Gasteiger partial charge on any atom is -0.353 e. The number of nitrogens with one attached hydrogen (secondary N) is 1. The molecule has 8 nitrogen and oxygen atoms in total. The van der Waals surface area contributed by atoms with Crippen LogP contribution >= 0.6 is 23.2 Å². The number of pyridine rings is 1. The van der Waals surface area contributed by atoms with Crippen molar-refractivity contribution in [2.75, 3.05) is 17.4 Å². The number of aryl methyl sites for hydroxylation is 2. The molecule has 0 fully saturated rings. The predicted molar refractivity (Wildman–Crippen MR) is 108 cm³/mol. The van der Waals surface area contributed by atoms with Crippen molar-refractivity contribution in [3.8, 4) is 0 Å². The van der Waals surface area contributed by atoms with Crippen LogP contribution in [0, 0.1) is 25.5 Å². The van der Waals surface area contributed by atoms with E-state index in [1.54, 1.807) is 38.2 Å². The molecule has 0 bridgehead atoms. The zero-order chi connectivity index (χ0) is 21.6. The van der Waals surface area contributed by atoms with Crippen molar-refractivity contribution in [2.45, 2.75) is 20.4 Å². The van der Waals surface area contributed by atoms with Crippen LogP contribution in [0.4, 0.5) is 20.4 Å². The van der Waals surface area contributed by atoms with Crippen LogP contribution in [0.5, 0.6) is 0 Å². The van der Waals surface area contributed by atoms with Gasteiger partial charge in [-0.2, -0.15) is 4.39 Å². The van der Waals surface area contributed by atoms with Crippen molar-refractivity contribution in [1.29, 1.82) is 0 Å². The molecule has 3 aromatic rings. The second kappa shape index (κ2) is 10.2. The maximum absolute atomic E-state index is 14.1. The topological polar surface area (TPSA) is 106 Å². The molecule has 154 valence electrons. The highest BCUT2D eigenvalue weighted by Crippen LogP contribution is 2.22. The van der Waals surface area contributed by atoms with Gasteiger partial charge in [-0.15, -0.1) is 0 Å².